The third-order valence-corrected chi connectivity index (χ3v) is 2.71. The summed E-state index contributed by atoms with van der Waals surface area (Å²) in [5.74, 6) is -0.373. The maximum absolute atomic E-state index is 11.9. The molecule has 0 saturated carbocycles. The number of nitrogens with one attached hydrogen (secondary N) is 1. The molecule has 1 N–H and O–H groups in total. The van der Waals surface area contributed by atoms with Crippen LogP contribution in [0.5, 0.6) is 0 Å². The van der Waals surface area contributed by atoms with E-state index in [1.165, 1.54) is 7.11 Å². The topological polar surface area (TPSA) is 67.3 Å². The molecule has 6 nitrogen and oxygen atoms in total. The van der Waals surface area contributed by atoms with Crippen LogP contribution in [0.3, 0.4) is 0 Å². The summed E-state index contributed by atoms with van der Waals surface area (Å²) in [4.78, 5) is 22.1. The van der Waals surface area contributed by atoms with Crippen LogP contribution in [0.15, 0.2) is 18.6 Å². The summed E-state index contributed by atoms with van der Waals surface area (Å²) < 4.78 is 4.84. The number of rotatable bonds is 6. The number of esters is 1. The lowest BCUT2D eigenvalue weighted by atomic mass is 9.98. The average Bonchev–Trinajstić information content (AvgIpc) is 2.38. The van der Waals surface area contributed by atoms with Gasteiger partial charge in [0.25, 0.3) is 0 Å². The predicted octanol–water partition coefficient (Wildman–Crippen LogP) is 0.0160. The van der Waals surface area contributed by atoms with Crippen molar-refractivity contribution in [2.24, 2.45) is 0 Å². The van der Waals surface area contributed by atoms with Gasteiger partial charge in [-0.05, 0) is 21.0 Å². The van der Waals surface area contributed by atoms with Gasteiger partial charge in [0, 0.05) is 25.5 Å². The molecule has 18 heavy (non-hydrogen) atoms. The minimum atomic E-state index is -0.973. The summed E-state index contributed by atoms with van der Waals surface area (Å²) in [5.41, 5.74) is -0.422. The van der Waals surface area contributed by atoms with Crippen LogP contribution < -0.4 is 5.32 Å². The Morgan fingerprint density at radius 3 is 2.72 bits per heavy atom. The van der Waals surface area contributed by atoms with Crippen LogP contribution in [-0.2, 0) is 15.1 Å². The number of hydrogen-bond acceptors (Lipinski definition) is 6. The lowest BCUT2D eigenvalue weighted by Crippen LogP contribution is -2.49. The molecule has 1 aromatic heterocycles. The van der Waals surface area contributed by atoms with E-state index < -0.39 is 5.54 Å². The molecule has 1 heterocycles. The Labute approximate surface area is 107 Å². The summed E-state index contributed by atoms with van der Waals surface area (Å²) in [6, 6.07) is 0. The number of aromatic nitrogens is 2. The largest absolute Gasteiger partial charge is 0.467 e. The Balaban J connectivity index is 2.86. The van der Waals surface area contributed by atoms with Gasteiger partial charge in [0.2, 0.25) is 0 Å². The second-order valence-electron chi connectivity index (χ2n) is 4.44. The first-order valence-corrected chi connectivity index (χ1v) is 5.75. The zero-order chi connectivity index (χ0) is 13.6. The van der Waals surface area contributed by atoms with E-state index in [4.69, 9.17) is 4.74 Å². The lowest BCUT2D eigenvalue weighted by Gasteiger charge is -2.27. The van der Waals surface area contributed by atoms with Gasteiger partial charge in [-0.25, -0.2) is 4.79 Å². The second kappa shape index (κ2) is 6.42. The Bertz CT molecular complexity index is 383. The fourth-order valence-corrected chi connectivity index (χ4v) is 1.56. The highest BCUT2D eigenvalue weighted by atomic mass is 16.5. The molecule has 0 aliphatic carbocycles. The Morgan fingerprint density at radius 2 is 2.22 bits per heavy atom. The van der Waals surface area contributed by atoms with Crippen molar-refractivity contribution in [2.45, 2.75) is 12.5 Å². The Morgan fingerprint density at radius 1 is 1.50 bits per heavy atom. The molecule has 1 rings (SSSR count). The van der Waals surface area contributed by atoms with Crippen molar-refractivity contribution in [1.29, 1.82) is 0 Å². The van der Waals surface area contributed by atoms with Crippen LogP contribution in [0.2, 0.25) is 0 Å². The highest BCUT2D eigenvalue weighted by Crippen LogP contribution is 2.19. The molecule has 0 saturated heterocycles. The molecule has 0 aromatic carbocycles. The quantitative estimate of drug-likeness (QED) is 0.720. The van der Waals surface area contributed by atoms with Gasteiger partial charge in [0.05, 0.1) is 19.0 Å². The predicted molar refractivity (Wildman–Crippen MR) is 68.0 cm³/mol. The van der Waals surface area contributed by atoms with E-state index >= 15 is 0 Å². The molecule has 1 atom stereocenters. The highest BCUT2D eigenvalue weighted by molar-refractivity contribution is 5.81. The van der Waals surface area contributed by atoms with E-state index in [1.807, 2.05) is 19.0 Å². The fourth-order valence-electron chi connectivity index (χ4n) is 1.56. The molecule has 0 spiro atoms. The Kier molecular flexibility index (Phi) is 5.18. The van der Waals surface area contributed by atoms with Gasteiger partial charge in [-0.3, -0.25) is 15.3 Å². The van der Waals surface area contributed by atoms with Gasteiger partial charge in [0.15, 0.2) is 5.54 Å². The molecular weight excluding hydrogens is 232 g/mol. The van der Waals surface area contributed by atoms with Gasteiger partial charge < -0.3 is 9.64 Å². The average molecular weight is 252 g/mol. The number of hydrogen-bond donors (Lipinski definition) is 1. The van der Waals surface area contributed by atoms with Crippen LogP contribution in [-0.4, -0.2) is 55.1 Å². The van der Waals surface area contributed by atoms with E-state index in [0.29, 0.717) is 12.2 Å². The first kappa shape index (κ1) is 14.5. The van der Waals surface area contributed by atoms with E-state index in [-0.39, 0.29) is 5.97 Å². The molecule has 1 aromatic rings. The zero-order valence-electron chi connectivity index (χ0n) is 11.3. The number of ether oxygens (including phenoxy) is 1. The minimum Gasteiger partial charge on any atom is -0.467 e. The molecule has 0 fully saturated rings. The highest BCUT2D eigenvalue weighted by Gasteiger charge is 2.37. The summed E-state index contributed by atoms with van der Waals surface area (Å²) in [5, 5.41) is 3.18. The Hall–Kier alpha value is -1.53. The van der Waals surface area contributed by atoms with Gasteiger partial charge in [0.1, 0.15) is 0 Å². The van der Waals surface area contributed by atoms with E-state index in [2.05, 4.69) is 15.3 Å². The van der Waals surface area contributed by atoms with Crippen molar-refractivity contribution in [3.05, 3.63) is 24.3 Å². The monoisotopic (exact) mass is 252 g/mol. The van der Waals surface area contributed by atoms with Gasteiger partial charge in [-0.1, -0.05) is 0 Å². The van der Waals surface area contributed by atoms with E-state index in [1.54, 1.807) is 25.5 Å². The number of carbonyl (C=O) groups excluding carboxylic acids is 1. The molecule has 100 valence electrons. The van der Waals surface area contributed by atoms with Crippen molar-refractivity contribution >= 4 is 5.97 Å². The number of nitrogens with zero attached hydrogens (tertiary/aromatic N) is 3. The van der Waals surface area contributed by atoms with E-state index in [0.717, 1.165) is 6.54 Å². The minimum absolute atomic E-state index is 0.373. The summed E-state index contributed by atoms with van der Waals surface area (Å²) in [7, 11) is 5.31. The molecule has 6 heteroatoms. The molecule has 1 unspecified atom stereocenters. The van der Waals surface area contributed by atoms with Crippen LogP contribution in [0.25, 0.3) is 0 Å². The number of methoxy groups -OCH3 is 1. The third-order valence-electron chi connectivity index (χ3n) is 2.71. The van der Waals surface area contributed by atoms with E-state index in [9.17, 15) is 4.79 Å². The molecule has 0 aliphatic rings. The zero-order valence-corrected chi connectivity index (χ0v) is 11.3. The summed E-state index contributed by atoms with van der Waals surface area (Å²) >= 11 is 0. The van der Waals surface area contributed by atoms with Crippen LogP contribution in [0.1, 0.15) is 12.6 Å². The molecular formula is C12H20N4O2. The van der Waals surface area contributed by atoms with Crippen molar-refractivity contribution in [1.82, 2.24) is 20.2 Å². The first-order valence-electron chi connectivity index (χ1n) is 5.75. The number of likely N-dealkylation sites (N-methyl/N-ethyl adjacent to an activating group) is 1. The second-order valence-corrected chi connectivity index (χ2v) is 4.44. The maximum atomic E-state index is 11.9. The van der Waals surface area contributed by atoms with Crippen molar-refractivity contribution in [3.8, 4) is 0 Å². The SMILES string of the molecule is COC(=O)C(C)(NCCN(C)C)c1cnccn1. The normalized spacial score (nSPS) is 14.3. The standard InChI is InChI=1S/C12H20N4O2/c1-12(11(17)18-4,15-7-8-16(2)3)10-9-13-5-6-14-10/h5-6,9,15H,7-8H2,1-4H3. The number of carbonyl (C=O) groups is 1. The fraction of sp³-hybridized carbons (Fsp3) is 0.583. The maximum Gasteiger partial charge on any atom is 0.332 e. The van der Waals surface area contributed by atoms with Gasteiger partial charge in [-0.15, -0.1) is 0 Å². The van der Waals surface area contributed by atoms with Crippen LogP contribution in [0, 0.1) is 0 Å². The molecule has 0 bridgehead atoms. The van der Waals surface area contributed by atoms with Gasteiger partial charge >= 0.3 is 5.97 Å². The summed E-state index contributed by atoms with van der Waals surface area (Å²) in [6.07, 6.45) is 4.70. The molecule has 0 radical (unpaired) electrons. The van der Waals surface area contributed by atoms with Crippen molar-refractivity contribution in [2.75, 3.05) is 34.3 Å². The van der Waals surface area contributed by atoms with Gasteiger partial charge in [-0.2, -0.15) is 0 Å². The molecule has 0 aliphatic heterocycles. The lowest BCUT2D eigenvalue weighted by molar-refractivity contribution is -0.148. The third kappa shape index (κ3) is 3.48. The first-order chi connectivity index (χ1) is 8.50. The van der Waals surface area contributed by atoms with Crippen LogP contribution in [0.4, 0.5) is 0 Å². The summed E-state index contributed by atoms with van der Waals surface area (Å²) in [6.45, 7) is 3.21. The smallest absolute Gasteiger partial charge is 0.332 e. The van der Waals surface area contributed by atoms with Crippen molar-refractivity contribution < 1.29 is 9.53 Å². The van der Waals surface area contributed by atoms with Crippen LogP contribution >= 0.6 is 0 Å². The van der Waals surface area contributed by atoms with Crippen molar-refractivity contribution in [3.63, 3.8) is 0 Å². The molecule has 0 amide bonds.